The molecule has 1 saturated carbocycles. The van der Waals surface area contributed by atoms with Gasteiger partial charge in [-0.1, -0.05) is 19.3 Å². The first kappa shape index (κ1) is 15.8. The number of carbonyl (C=O) groups is 1. The van der Waals surface area contributed by atoms with Gasteiger partial charge in [0.2, 0.25) is 0 Å². The number of benzene rings is 1. The summed E-state index contributed by atoms with van der Waals surface area (Å²) in [5.41, 5.74) is 1.32. The van der Waals surface area contributed by atoms with Crippen LogP contribution in [-0.4, -0.2) is 29.0 Å². The Labute approximate surface area is 136 Å². The number of nitrogens with zero attached hydrogens (tertiary/aromatic N) is 2. The molecule has 1 aliphatic carbocycles. The van der Waals surface area contributed by atoms with E-state index >= 15 is 0 Å². The van der Waals surface area contributed by atoms with Crippen molar-refractivity contribution in [3.63, 3.8) is 0 Å². The summed E-state index contributed by atoms with van der Waals surface area (Å²) in [6.07, 6.45) is 8.20. The van der Waals surface area contributed by atoms with Crippen molar-refractivity contribution in [3.05, 3.63) is 23.9 Å². The number of aromatic nitrogens is 2. The fraction of sp³-hybridized carbons (Fsp3) is 0.556. The molecule has 1 heterocycles. The Morgan fingerprint density at radius 2 is 2.00 bits per heavy atom. The fourth-order valence-electron chi connectivity index (χ4n) is 3.23. The van der Waals surface area contributed by atoms with E-state index in [1.165, 1.54) is 39.2 Å². The molecule has 5 nitrogen and oxygen atoms in total. The third-order valence-corrected chi connectivity index (χ3v) is 4.34. The van der Waals surface area contributed by atoms with Gasteiger partial charge in [-0.2, -0.15) is 5.10 Å². The van der Waals surface area contributed by atoms with Gasteiger partial charge in [0, 0.05) is 17.6 Å². The predicted molar refractivity (Wildman–Crippen MR) is 89.0 cm³/mol. The smallest absolute Gasteiger partial charge is 0.341 e. The number of fused-ring (bicyclic) bond motifs is 1. The molecule has 0 spiro atoms. The molecule has 0 bridgehead atoms. The summed E-state index contributed by atoms with van der Waals surface area (Å²) in [6, 6.07) is 4.14. The number of hydrogen-bond acceptors (Lipinski definition) is 4. The molecule has 0 N–H and O–H groups in total. The first-order chi connectivity index (χ1) is 11.1. The van der Waals surface area contributed by atoms with Crippen LogP contribution in [0, 0.1) is 0 Å². The molecule has 2 aromatic rings. The zero-order valence-corrected chi connectivity index (χ0v) is 14.0. The van der Waals surface area contributed by atoms with E-state index < -0.39 is 0 Å². The van der Waals surface area contributed by atoms with E-state index in [1.54, 1.807) is 0 Å². The molecule has 3 rings (SSSR count). The van der Waals surface area contributed by atoms with Crippen molar-refractivity contribution < 1.29 is 14.3 Å². The Kier molecular flexibility index (Phi) is 4.55. The topological polar surface area (TPSA) is 53.4 Å². The lowest BCUT2D eigenvalue weighted by molar-refractivity contribution is 0.0594. The van der Waals surface area contributed by atoms with Gasteiger partial charge in [0.1, 0.15) is 11.3 Å². The van der Waals surface area contributed by atoms with Gasteiger partial charge in [0.05, 0.1) is 24.8 Å². The third-order valence-electron chi connectivity index (χ3n) is 4.34. The lowest BCUT2D eigenvalue weighted by atomic mass is 9.96. The molecule has 23 heavy (non-hydrogen) atoms. The molecule has 0 saturated heterocycles. The lowest BCUT2D eigenvalue weighted by Gasteiger charge is -2.21. The normalized spacial score (nSPS) is 16.0. The van der Waals surface area contributed by atoms with Crippen molar-refractivity contribution in [1.29, 1.82) is 0 Å². The molecule has 0 amide bonds. The molecule has 0 atom stereocenters. The summed E-state index contributed by atoms with van der Waals surface area (Å²) in [5.74, 6) is 0.154. The molecular weight excluding hydrogens is 292 g/mol. The Bertz CT molecular complexity index is 700. The summed E-state index contributed by atoms with van der Waals surface area (Å²) in [5, 5.41) is 5.67. The Balaban J connectivity index is 2.01. The molecule has 0 unspecified atom stereocenters. The van der Waals surface area contributed by atoms with Crippen molar-refractivity contribution >= 4 is 16.9 Å². The van der Waals surface area contributed by atoms with E-state index in [1.807, 2.05) is 32.2 Å². The molecule has 1 aromatic carbocycles. The molecule has 1 aromatic heterocycles. The third kappa shape index (κ3) is 3.33. The zero-order valence-electron chi connectivity index (χ0n) is 14.0. The molecule has 0 radical (unpaired) electrons. The Hall–Kier alpha value is -2.04. The van der Waals surface area contributed by atoms with Crippen LogP contribution >= 0.6 is 0 Å². The average Bonchev–Trinajstić information content (AvgIpc) is 2.96. The van der Waals surface area contributed by atoms with E-state index in [-0.39, 0.29) is 12.1 Å². The van der Waals surface area contributed by atoms with E-state index in [9.17, 15) is 4.79 Å². The number of ether oxygens (including phenoxy) is 2. The minimum absolute atomic E-state index is 0.0173. The van der Waals surface area contributed by atoms with Crippen LogP contribution in [0.5, 0.6) is 5.75 Å². The van der Waals surface area contributed by atoms with Crippen LogP contribution in [0.15, 0.2) is 18.3 Å². The van der Waals surface area contributed by atoms with Crippen LogP contribution < -0.4 is 4.74 Å². The van der Waals surface area contributed by atoms with Crippen molar-refractivity contribution in [1.82, 2.24) is 9.78 Å². The van der Waals surface area contributed by atoms with Gasteiger partial charge < -0.3 is 9.47 Å². The monoisotopic (exact) mass is 316 g/mol. The number of rotatable bonds is 4. The molecule has 1 aliphatic rings. The van der Waals surface area contributed by atoms with Gasteiger partial charge >= 0.3 is 5.97 Å². The highest BCUT2D eigenvalue weighted by Crippen LogP contribution is 2.31. The van der Waals surface area contributed by atoms with E-state index in [2.05, 4.69) is 4.68 Å². The van der Waals surface area contributed by atoms with E-state index in [4.69, 9.17) is 14.6 Å². The van der Waals surface area contributed by atoms with Crippen LogP contribution in [0.3, 0.4) is 0 Å². The van der Waals surface area contributed by atoms with Crippen LogP contribution in [-0.2, 0) is 4.74 Å². The van der Waals surface area contributed by atoms with Crippen molar-refractivity contribution in [3.8, 4) is 5.75 Å². The molecule has 124 valence electrons. The van der Waals surface area contributed by atoms with Gasteiger partial charge in [0.25, 0.3) is 0 Å². The molecule has 1 fully saturated rings. The highest BCUT2D eigenvalue weighted by atomic mass is 16.5. The number of esters is 1. The lowest BCUT2D eigenvalue weighted by Crippen LogP contribution is -2.12. The second-order valence-corrected chi connectivity index (χ2v) is 6.47. The zero-order chi connectivity index (χ0) is 16.4. The summed E-state index contributed by atoms with van der Waals surface area (Å²) >= 11 is 0. The number of carbonyl (C=O) groups excluding carboxylic acids is 1. The largest absolute Gasteiger partial charge is 0.490 e. The highest BCUT2D eigenvalue weighted by molar-refractivity contribution is 5.97. The predicted octanol–water partition coefficient (Wildman–Crippen LogP) is 4.12. The SMILES string of the molecule is COC(=O)c1cc2cn(C3CCCCC3)nc2cc1OC(C)C. The minimum Gasteiger partial charge on any atom is -0.490 e. The standard InChI is InChI=1S/C18H24N2O3/c1-12(2)23-17-10-16-13(9-15(17)18(21)22-3)11-20(19-16)14-7-5-4-6-8-14/h9-12,14H,4-8H2,1-3H3. The first-order valence-corrected chi connectivity index (χ1v) is 8.36. The second-order valence-electron chi connectivity index (χ2n) is 6.47. The van der Waals surface area contributed by atoms with Crippen molar-refractivity contribution in [2.75, 3.05) is 7.11 Å². The maximum Gasteiger partial charge on any atom is 0.341 e. The second kappa shape index (κ2) is 6.60. The van der Waals surface area contributed by atoms with E-state index in [0.29, 0.717) is 17.4 Å². The molecule has 0 aliphatic heterocycles. The van der Waals surface area contributed by atoms with Gasteiger partial charge in [-0.3, -0.25) is 4.68 Å². The van der Waals surface area contributed by atoms with Gasteiger partial charge in [-0.15, -0.1) is 0 Å². The average molecular weight is 316 g/mol. The Morgan fingerprint density at radius 3 is 2.65 bits per heavy atom. The fourth-order valence-corrected chi connectivity index (χ4v) is 3.23. The summed E-state index contributed by atoms with van der Waals surface area (Å²) in [7, 11) is 1.39. The van der Waals surface area contributed by atoms with Crippen molar-refractivity contribution in [2.24, 2.45) is 0 Å². The highest BCUT2D eigenvalue weighted by Gasteiger charge is 2.20. The molecule has 5 heteroatoms. The summed E-state index contributed by atoms with van der Waals surface area (Å²) < 4.78 is 12.7. The quantitative estimate of drug-likeness (QED) is 0.796. The van der Waals surface area contributed by atoms with Gasteiger partial charge in [-0.05, 0) is 32.8 Å². The minimum atomic E-state index is -0.382. The van der Waals surface area contributed by atoms with Crippen molar-refractivity contribution in [2.45, 2.75) is 58.1 Å². The number of hydrogen-bond donors (Lipinski definition) is 0. The van der Waals surface area contributed by atoms with E-state index in [0.717, 1.165) is 10.9 Å². The van der Waals surface area contributed by atoms with Crippen LogP contribution in [0.4, 0.5) is 0 Å². The summed E-state index contributed by atoms with van der Waals surface area (Å²) in [6.45, 7) is 3.87. The maximum absolute atomic E-state index is 12.0. The van der Waals surface area contributed by atoms with Gasteiger partial charge in [-0.25, -0.2) is 4.79 Å². The molecular formula is C18H24N2O3. The first-order valence-electron chi connectivity index (χ1n) is 8.36. The van der Waals surface area contributed by atoms with Gasteiger partial charge in [0.15, 0.2) is 0 Å². The van der Waals surface area contributed by atoms with Crippen LogP contribution in [0.25, 0.3) is 10.9 Å². The number of methoxy groups -OCH3 is 1. The van der Waals surface area contributed by atoms with Crippen LogP contribution in [0.2, 0.25) is 0 Å². The van der Waals surface area contributed by atoms with Crippen LogP contribution in [0.1, 0.15) is 62.4 Å². The summed E-state index contributed by atoms with van der Waals surface area (Å²) in [4.78, 5) is 12.0. The Morgan fingerprint density at radius 1 is 1.26 bits per heavy atom. The maximum atomic E-state index is 12.0.